The van der Waals surface area contributed by atoms with Crippen molar-refractivity contribution in [3.63, 3.8) is 0 Å². The molecule has 2 aromatic carbocycles. The second-order valence-corrected chi connectivity index (χ2v) is 3.70. The van der Waals surface area contributed by atoms with Crippen molar-refractivity contribution < 1.29 is 4.74 Å². The van der Waals surface area contributed by atoms with Crippen LogP contribution in [0.1, 0.15) is 13.3 Å². The molecule has 0 unspecified atom stereocenters. The Labute approximate surface area is 98.5 Å². The summed E-state index contributed by atoms with van der Waals surface area (Å²) in [5, 5.41) is 2.90. The molecule has 4 nitrogen and oxygen atoms in total. The first-order chi connectivity index (χ1) is 8.24. The van der Waals surface area contributed by atoms with Crippen LogP contribution in [0.4, 0.5) is 5.69 Å². The molecule has 2 rings (SSSR count). The summed E-state index contributed by atoms with van der Waals surface area (Å²) >= 11 is 0. The maximum absolute atomic E-state index is 11.4. The molecular weight excluding hydrogens is 218 g/mol. The van der Waals surface area contributed by atoms with Crippen molar-refractivity contribution in [1.29, 1.82) is 0 Å². The van der Waals surface area contributed by atoms with E-state index < -0.39 is 10.9 Å². The van der Waals surface area contributed by atoms with Crippen LogP contribution >= 0.6 is 0 Å². The largest absolute Gasteiger partial charge is 0.451 e. The highest BCUT2D eigenvalue weighted by Gasteiger charge is 2.22. The molecule has 0 saturated heterocycles. The minimum atomic E-state index is -0.563. The molecule has 0 aliphatic rings. The van der Waals surface area contributed by atoms with E-state index in [-0.39, 0.29) is 5.75 Å². The van der Waals surface area contributed by atoms with Crippen LogP contribution < -0.4 is 20.9 Å². The number of ether oxygens (including phenoxy) is 1. The Morgan fingerprint density at radius 1 is 1.12 bits per heavy atom. The molecule has 0 radical (unpaired) electrons. The maximum Gasteiger partial charge on any atom is 0.272 e. The molecule has 2 aromatic rings. The van der Waals surface area contributed by atoms with E-state index in [4.69, 9.17) is 4.74 Å². The van der Waals surface area contributed by atoms with Crippen LogP contribution in [-0.4, -0.2) is 6.54 Å². The van der Waals surface area contributed by atoms with Gasteiger partial charge in [0.1, 0.15) is 11.4 Å². The van der Waals surface area contributed by atoms with E-state index in [0.717, 1.165) is 6.42 Å². The fourth-order valence-corrected chi connectivity index (χ4v) is 1.49. The van der Waals surface area contributed by atoms with Crippen molar-refractivity contribution in [2.24, 2.45) is 0 Å². The number of benzene rings is 1. The topological polar surface area (TPSA) is 55.4 Å². The van der Waals surface area contributed by atoms with E-state index in [1.165, 1.54) is 0 Å². The molecule has 0 saturated carbocycles. The Hall–Kier alpha value is -2.10. The van der Waals surface area contributed by atoms with Crippen LogP contribution in [0, 0.1) is 0 Å². The molecule has 0 heterocycles. The average molecular weight is 231 g/mol. The number of nitrogens with one attached hydrogen (secondary N) is 1. The Morgan fingerprint density at radius 3 is 2.47 bits per heavy atom. The van der Waals surface area contributed by atoms with Gasteiger partial charge in [0.05, 0.1) is 0 Å². The molecule has 1 N–H and O–H groups in total. The SMILES string of the molecule is CCCNc1c(Oc2ccccc2)c(=O)c1=O. The molecule has 0 fully saturated rings. The number of anilines is 1. The molecule has 0 spiro atoms. The second-order valence-electron chi connectivity index (χ2n) is 3.70. The highest BCUT2D eigenvalue weighted by atomic mass is 16.5. The standard InChI is InChI=1S/C13H13NO3/c1-2-8-14-10-11(15)12(16)13(10)17-9-6-4-3-5-7-9/h3-7,14H,2,8H2,1H3. The zero-order chi connectivity index (χ0) is 12.3. The average Bonchev–Trinajstić information content (AvgIpc) is 2.38. The third kappa shape index (κ3) is 2.20. The number of rotatable bonds is 5. The lowest BCUT2D eigenvalue weighted by Crippen LogP contribution is -2.35. The second kappa shape index (κ2) is 4.82. The monoisotopic (exact) mass is 231 g/mol. The van der Waals surface area contributed by atoms with E-state index >= 15 is 0 Å². The Balaban J connectivity index is 2.19. The first-order valence-corrected chi connectivity index (χ1v) is 5.54. The quantitative estimate of drug-likeness (QED) is 0.798. The van der Waals surface area contributed by atoms with Gasteiger partial charge in [0, 0.05) is 6.54 Å². The van der Waals surface area contributed by atoms with Crippen LogP contribution in [0.5, 0.6) is 11.5 Å². The van der Waals surface area contributed by atoms with E-state index in [9.17, 15) is 9.59 Å². The summed E-state index contributed by atoms with van der Waals surface area (Å²) in [5.74, 6) is 0.675. The fraction of sp³-hybridized carbons (Fsp3) is 0.231. The van der Waals surface area contributed by atoms with Gasteiger partial charge < -0.3 is 10.1 Å². The molecule has 17 heavy (non-hydrogen) atoms. The van der Waals surface area contributed by atoms with Gasteiger partial charge in [-0.2, -0.15) is 0 Å². The normalized spacial score (nSPS) is 10.4. The van der Waals surface area contributed by atoms with Crippen LogP contribution in [0.3, 0.4) is 0 Å². The number of para-hydroxylation sites is 1. The number of hydrogen-bond acceptors (Lipinski definition) is 4. The Bertz CT molecular complexity index is 568. The van der Waals surface area contributed by atoms with Crippen LogP contribution in [0.2, 0.25) is 0 Å². The van der Waals surface area contributed by atoms with Crippen molar-refractivity contribution in [2.45, 2.75) is 13.3 Å². The molecule has 0 aromatic heterocycles. The molecule has 88 valence electrons. The molecule has 4 heteroatoms. The maximum atomic E-state index is 11.4. The summed E-state index contributed by atoms with van der Waals surface area (Å²) < 4.78 is 5.39. The predicted molar refractivity (Wildman–Crippen MR) is 66.7 cm³/mol. The third-order valence-corrected chi connectivity index (χ3v) is 2.38. The Morgan fingerprint density at radius 2 is 1.82 bits per heavy atom. The molecule has 0 amide bonds. The summed E-state index contributed by atoms with van der Waals surface area (Å²) in [6, 6.07) is 8.94. The van der Waals surface area contributed by atoms with Gasteiger partial charge in [0.15, 0.2) is 0 Å². The Kier molecular flexibility index (Phi) is 3.23. The first kappa shape index (κ1) is 11.4. The molecular formula is C13H13NO3. The van der Waals surface area contributed by atoms with E-state index in [2.05, 4.69) is 5.32 Å². The molecule has 0 aliphatic carbocycles. The predicted octanol–water partition coefficient (Wildman–Crippen LogP) is 1.90. The van der Waals surface area contributed by atoms with Crippen molar-refractivity contribution in [2.75, 3.05) is 11.9 Å². The highest BCUT2D eigenvalue weighted by Crippen LogP contribution is 2.24. The van der Waals surface area contributed by atoms with Crippen LogP contribution in [-0.2, 0) is 0 Å². The summed E-state index contributed by atoms with van der Waals surface area (Å²) in [5.41, 5.74) is -0.766. The lowest BCUT2D eigenvalue weighted by Gasteiger charge is -2.13. The van der Waals surface area contributed by atoms with E-state index in [0.29, 0.717) is 18.0 Å². The van der Waals surface area contributed by atoms with Crippen molar-refractivity contribution in [1.82, 2.24) is 0 Å². The summed E-state index contributed by atoms with van der Waals surface area (Å²) in [7, 11) is 0. The fourth-order valence-electron chi connectivity index (χ4n) is 1.49. The zero-order valence-corrected chi connectivity index (χ0v) is 9.53. The summed E-state index contributed by atoms with van der Waals surface area (Å²) in [4.78, 5) is 22.7. The van der Waals surface area contributed by atoms with Gasteiger partial charge in [-0.25, -0.2) is 0 Å². The molecule has 0 atom stereocenters. The smallest absolute Gasteiger partial charge is 0.272 e. The third-order valence-electron chi connectivity index (χ3n) is 2.38. The minimum absolute atomic E-state index is 0.120. The highest BCUT2D eigenvalue weighted by molar-refractivity contribution is 5.62. The van der Waals surface area contributed by atoms with Crippen molar-refractivity contribution >= 4 is 5.69 Å². The first-order valence-electron chi connectivity index (χ1n) is 5.54. The van der Waals surface area contributed by atoms with Crippen LogP contribution in [0.25, 0.3) is 0 Å². The van der Waals surface area contributed by atoms with Gasteiger partial charge in [0.2, 0.25) is 5.75 Å². The van der Waals surface area contributed by atoms with Gasteiger partial charge in [0.25, 0.3) is 10.9 Å². The summed E-state index contributed by atoms with van der Waals surface area (Å²) in [6.07, 6.45) is 0.879. The lowest BCUT2D eigenvalue weighted by atomic mass is 10.2. The van der Waals surface area contributed by atoms with Crippen molar-refractivity contribution in [3.8, 4) is 11.5 Å². The lowest BCUT2D eigenvalue weighted by molar-refractivity contribution is 0.474. The van der Waals surface area contributed by atoms with Gasteiger partial charge in [-0.15, -0.1) is 0 Å². The van der Waals surface area contributed by atoms with Crippen molar-refractivity contribution in [3.05, 3.63) is 50.8 Å². The van der Waals surface area contributed by atoms with Gasteiger partial charge in [-0.3, -0.25) is 9.59 Å². The van der Waals surface area contributed by atoms with Gasteiger partial charge in [-0.05, 0) is 18.6 Å². The summed E-state index contributed by atoms with van der Waals surface area (Å²) in [6.45, 7) is 2.63. The zero-order valence-electron chi connectivity index (χ0n) is 9.53. The minimum Gasteiger partial charge on any atom is -0.451 e. The van der Waals surface area contributed by atoms with E-state index in [1.807, 2.05) is 13.0 Å². The number of hydrogen-bond donors (Lipinski definition) is 1. The van der Waals surface area contributed by atoms with Gasteiger partial charge >= 0.3 is 0 Å². The van der Waals surface area contributed by atoms with Gasteiger partial charge in [-0.1, -0.05) is 25.1 Å². The van der Waals surface area contributed by atoms with Crippen LogP contribution in [0.15, 0.2) is 39.9 Å². The van der Waals surface area contributed by atoms with E-state index in [1.54, 1.807) is 24.3 Å². The molecule has 0 aliphatic heterocycles. The molecule has 0 bridgehead atoms.